The Morgan fingerprint density at radius 3 is 2.81 bits per heavy atom. The largest absolute Gasteiger partial charge is 0.338 e. The lowest BCUT2D eigenvalue weighted by Crippen LogP contribution is -2.54. The number of piperidine rings is 1. The van der Waals surface area contributed by atoms with Gasteiger partial charge in [0.05, 0.1) is 6.33 Å². The molecule has 1 fully saturated rings. The van der Waals surface area contributed by atoms with Crippen LogP contribution in [0.4, 0.5) is 13.6 Å². The van der Waals surface area contributed by atoms with Crippen LogP contribution in [-0.2, 0) is 0 Å². The predicted octanol–water partition coefficient (Wildman–Crippen LogP) is 4.58. The minimum absolute atomic E-state index is 0.117. The van der Waals surface area contributed by atoms with Gasteiger partial charge in [-0.05, 0) is 68.7 Å². The number of carbonyl (C=O) groups is 1. The molecule has 36 heavy (non-hydrogen) atoms. The Labute approximate surface area is 213 Å². The summed E-state index contributed by atoms with van der Waals surface area (Å²) < 4.78 is 25.7. The Balaban J connectivity index is 1.72. The van der Waals surface area contributed by atoms with E-state index in [2.05, 4.69) is 22.1 Å². The molecular weight excluding hydrogens is 462 g/mol. The quantitative estimate of drug-likeness (QED) is 0.209. The van der Waals surface area contributed by atoms with Gasteiger partial charge < -0.3 is 21.4 Å². The second-order valence-corrected chi connectivity index (χ2v) is 9.09. The molecule has 1 aromatic heterocycles. The monoisotopic (exact) mass is 502 g/mol. The smallest absolute Gasteiger partial charge is 0.317 e. The number of halogens is 2. The van der Waals surface area contributed by atoms with Gasteiger partial charge in [-0.2, -0.15) is 0 Å². The van der Waals surface area contributed by atoms with Crippen molar-refractivity contribution in [2.24, 2.45) is 11.7 Å². The summed E-state index contributed by atoms with van der Waals surface area (Å²) in [6.07, 6.45) is 12.2. The average Bonchev–Trinajstić information content (AvgIpc) is 2.89. The van der Waals surface area contributed by atoms with Gasteiger partial charge in [-0.3, -0.25) is 9.88 Å². The molecule has 2 amide bonds. The van der Waals surface area contributed by atoms with Crippen molar-refractivity contribution < 1.29 is 13.6 Å². The summed E-state index contributed by atoms with van der Waals surface area (Å²) >= 11 is 0. The normalized spacial score (nSPS) is 19.8. The number of pyridine rings is 1. The maximum Gasteiger partial charge on any atom is 0.317 e. The molecule has 1 aliphatic rings. The number of rotatable bonds is 13. The van der Waals surface area contributed by atoms with Gasteiger partial charge in [-0.15, -0.1) is 0 Å². The van der Waals surface area contributed by atoms with Crippen molar-refractivity contribution in [2.75, 3.05) is 32.7 Å². The topological polar surface area (TPSA) is 98.3 Å². The molecule has 7 nitrogen and oxygen atoms in total. The van der Waals surface area contributed by atoms with E-state index in [4.69, 9.17) is 11.1 Å². The molecular formula is C27H40F2N6O. The molecule has 1 aliphatic heterocycles. The van der Waals surface area contributed by atoms with Gasteiger partial charge in [0, 0.05) is 62.3 Å². The van der Waals surface area contributed by atoms with E-state index in [9.17, 15) is 13.6 Å². The number of nitrogens with two attached hydrogens (primary N) is 1. The standard InChI is InChI=1S/C27H40F2N6O/c1-3-34(18-12-23(29)9-4-6-14-28)21(2)8-5-7-15-33-27(36)35-19-13-25(30)24(20-35)26(31)22-10-16-32-17-11-22/h4,6,9-12,14,16-17,21,24-25,31H,3,5,7-8,13,15,18-20,30H2,1-2H3,(H,33,36)/b9-4-,14-6+,23-12-,31-26?. The van der Waals surface area contributed by atoms with Gasteiger partial charge in [0.15, 0.2) is 0 Å². The Morgan fingerprint density at radius 2 is 2.11 bits per heavy atom. The Morgan fingerprint density at radius 1 is 1.36 bits per heavy atom. The Hall–Kier alpha value is -2.91. The fourth-order valence-corrected chi connectivity index (χ4v) is 4.34. The van der Waals surface area contributed by atoms with E-state index >= 15 is 0 Å². The van der Waals surface area contributed by atoms with Crippen LogP contribution in [0.5, 0.6) is 0 Å². The highest BCUT2D eigenvalue weighted by molar-refractivity contribution is 6.00. The molecule has 0 aliphatic carbocycles. The van der Waals surface area contributed by atoms with Gasteiger partial charge in [0.25, 0.3) is 0 Å². The zero-order chi connectivity index (χ0) is 26.3. The maximum absolute atomic E-state index is 13.8. The molecule has 2 rings (SSSR count). The molecule has 3 atom stereocenters. The van der Waals surface area contributed by atoms with Crippen LogP contribution in [0.3, 0.4) is 0 Å². The summed E-state index contributed by atoms with van der Waals surface area (Å²) in [4.78, 5) is 20.6. The van der Waals surface area contributed by atoms with Crippen molar-refractivity contribution in [3.05, 3.63) is 66.6 Å². The number of urea groups is 1. The first-order chi connectivity index (χ1) is 17.4. The number of allylic oxidation sites excluding steroid dienone is 4. The number of hydrogen-bond acceptors (Lipinski definition) is 5. The van der Waals surface area contributed by atoms with Crippen molar-refractivity contribution in [1.29, 1.82) is 5.41 Å². The van der Waals surface area contributed by atoms with E-state index in [1.165, 1.54) is 18.2 Å². The summed E-state index contributed by atoms with van der Waals surface area (Å²) in [6.45, 7) is 7.02. The van der Waals surface area contributed by atoms with Crippen LogP contribution >= 0.6 is 0 Å². The van der Waals surface area contributed by atoms with Gasteiger partial charge >= 0.3 is 6.03 Å². The van der Waals surface area contributed by atoms with E-state index in [1.54, 1.807) is 29.4 Å². The molecule has 0 radical (unpaired) electrons. The molecule has 4 N–H and O–H groups in total. The molecule has 2 heterocycles. The van der Waals surface area contributed by atoms with Crippen LogP contribution in [0.1, 0.15) is 45.1 Å². The molecule has 0 saturated carbocycles. The highest BCUT2D eigenvalue weighted by atomic mass is 19.1. The molecule has 198 valence electrons. The maximum atomic E-state index is 13.8. The van der Waals surface area contributed by atoms with E-state index < -0.39 is 5.83 Å². The molecule has 1 aromatic rings. The highest BCUT2D eigenvalue weighted by Gasteiger charge is 2.32. The van der Waals surface area contributed by atoms with Gasteiger partial charge in [0.2, 0.25) is 0 Å². The van der Waals surface area contributed by atoms with Crippen LogP contribution in [0.15, 0.2) is 61.0 Å². The fraction of sp³-hybridized carbons (Fsp3) is 0.519. The SMILES string of the molecule is CCN(C/C=C(F)/C=C\C=C\F)C(C)CCCCNC(=O)N1CCC(N)C(C(=N)c2ccncc2)C1. The molecule has 1 saturated heterocycles. The van der Waals surface area contributed by atoms with E-state index in [1.807, 2.05) is 6.92 Å². The van der Waals surface area contributed by atoms with Crippen molar-refractivity contribution in [2.45, 2.75) is 51.6 Å². The van der Waals surface area contributed by atoms with Crippen LogP contribution in [0.25, 0.3) is 0 Å². The summed E-state index contributed by atoms with van der Waals surface area (Å²) in [5, 5.41) is 11.5. The third kappa shape index (κ3) is 9.62. The lowest BCUT2D eigenvalue weighted by atomic mass is 9.86. The first kappa shape index (κ1) is 29.3. The average molecular weight is 503 g/mol. The number of nitrogens with one attached hydrogen (secondary N) is 2. The number of unbranched alkanes of at least 4 members (excludes halogenated alkanes) is 1. The number of likely N-dealkylation sites (tertiary alicyclic amines) is 1. The van der Waals surface area contributed by atoms with Crippen molar-refractivity contribution >= 4 is 11.7 Å². The highest BCUT2D eigenvalue weighted by Crippen LogP contribution is 2.20. The lowest BCUT2D eigenvalue weighted by Gasteiger charge is -2.37. The molecule has 9 heteroatoms. The second kappa shape index (κ2) is 16.0. The van der Waals surface area contributed by atoms with Gasteiger partial charge in [0.1, 0.15) is 5.83 Å². The predicted molar refractivity (Wildman–Crippen MR) is 141 cm³/mol. The molecule has 0 bridgehead atoms. The number of hydrogen-bond donors (Lipinski definition) is 3. The van der Waals surface area contributed by atoms with Crippen LogP contribution in [0, 0.1) is 11.3 Å². The van der Waals surface area contributed by atoms with E-state index in [0.717, 1.165) is 37.4 Å². The van der Waals surface area contributed by atoms with Gasteiger partial charge in [-0.1, -0.05) is 19.4 Å². The molecule has 3 unspecified atom stereocenters. The molecule has 0 aromatic carbocycles. The van der Waals surface area contributed by atoms with Crippen molar-refractivity contribution in [3.63, 3.8) is 0 Å². The van der Waals surface area contributed by atoms with Crippen LogP contribution < -0.4 is 11.1 Å². The Bertz CT molecular complexity index is 905. The molecule has 0 spiro atoms. The van der Waals surface area contributed by atoms with Crippen LogP contribution in [0.2, 0.25) is 0 Å². The third-order valence-electron chi connectivity index (χ3n) is 6.63. The zero-order valence-electron chi connectivity index (χ0n) is 21.4. The van der Waals surface area contributed by atoms with E-state index in [0.29, 0.717) is 44.6 Å². The fourth-order valence-electron chi connectivity index (χ4n) is 4.34. The van der Waals surface area contributed by atoms with Crippen molar-refractivity contribution in [1.82, 2.24) is 20.1 Å². The van der Waals surface area contributed by atoms with Crippen molar-refractivity contribution in [3.8, 4) is 0 Å². The van der Waals surface area contributed by atoms with E-state index in [-0.39, 0.29) is 24.0 Å². The second-order valence-electron chi connectivity index (χ2n) is 9.09. The number of likely N-dealkylation sites (N-methyl/N-ethyl adjacent to an activating group) is 1. The summed E-state index contributed by atoms with van der Waals surface area (Å²) in [7, 11) is 0. The number of aromatic nitrogens is 1. The zero-order valence-corrected chi connectivity index (χ0v) is 21.4. The number of nitrogens with zero attached hydrogens (tertiary/aromatic N) is 3. The lowest BCUT2D eigenvalue weighted by molar-refractivity contribution is 0.171. The minimum atomic E-state index is -0.390. The Kier molecular flexibility index (Phi) is 13.0. The minimum Gasteiger partial charge on any atom is -0.338 e. The summed E-state index contributed by atoms with van der Waals surface area (Å²) in [5.74, 6) is -0.597. The summed E-state index contributed by atoms with van der Waals surface area (Å²) in [6, 6.07) is 3.60. The summed E-state index contributed by atoms with van der Waals surface area (Å²) in [5.41, 5.74) is 7.51. The van der Waals surface area contributed by atoms with Gasteiger partial charge in [-0.25, -0.2) is 13.6 Å². The third-order valence-corrected chi connectivity index (χ3v) is 6.63. The first-order valence-electron chi connectivity index (χ1n) is 12.7. The van der Waals surface area contributed by atoms with Crippen LogP contribution in [-0.4, -0.2) is 71.3 Å². The number of carbonyl (C=O) groups excluding carboxylic acids is 1. The number of amides is 2. The first-order valence-corrected chi connectivity index (χ1v) is 12.7.